The second kappa shape index (κ2) is 10.1. The summed E-state index contributed by atoms with van der Waals surface area (Å²) in [5.41, 5.74) is -0.431. The van der Waals surface area contributed by atoms with Crippen molar-refractivity contribution >= 4 is 17.7 Å². The largest absolute Gasteiger partial charge is 0.497 e. The Morgan fingerprint density at radius 2 is 1.83 bits per heavy atom. The fourth-order valence-corrected chi connectivity index (χ4v) is 5.57. The summed E-state index contributed by atoms with van der Waals surface area (Å²) in [5, 5.41) is 2.98. The zero-order chi connectivity index (χ0) is 24.4. The SMILES string of the molecule is COc1ccc(C(=O)N2[C@H](C(=O)NC[C@H]3CCCO3)COC23CCN(C(=O)C2CCC2)CC3)cc1. The third-order valence-electron chi connectivity index (χ3n) is 7.96. The highest BCUT2D eigenvalue weighted by molar-refractivity contribution is 5.98. The monoisotopic (exact) mass is 485 g/mol. The first kappa shape index (κ1) is 24.1. The fraction of sp³-hybridized carbons (Fsp3) is 0.654. The highest BCUT2D eigenvalue weighted by Gasteiger charge is 2.54. The van der Waals surface area contributed by atoms with Gasteiger partial charge in [0.1, 0.15) is 17.5 Å². The molecule has 1 N–H and O–H groups in total. The van der Waals surface area contributed by atoms with Gasteiger partial charge in [-0.15, -0.1) is 0 Å². The number of hydrogen-bond acceptors (Lipinski definition) is 6. The number of piperidine rings is 1. The number of benzene rings is 1. The average Bonchev–Trinajstić information content (AvgIpc) is 3.50. The number of nitrogens with zero attached hydrogens (tertiary/aromatic N) is 2. The molecule has 1 aromatic rings. The van der Waals surface area contributed by atoms with Gasteiger partial charge < -0.3 is 24.4 Å². The van der Waals surface area contributed by atoms with Gasteiger partial charge in [0.25, 0.3) is 5.91 Å². The van der Waals surface area contributed by atoms with Crippen molar-refractivity contribution in [2.24, 2.45) is 5.92 Å². The maximum absolute atomic E-state index is 13.8. The van der Waals surface area contributed by atoms with E-state index in [1.54, 1.807) is 36.3 Å². The van der Waals surface area contributed by atoms with Gasteiger partial charge in [-0.1, -0.05) is 6.42 Å². The third kappa shape index (κ3) is 4.76. The van der Waals surface area contributed by atoms with Gasteiger partial charge in [0, 0.05) is 50.6 Å². The summed E-state index contributed by atoms with van der Waals surface area (Å²) in [6.07, 6.45) is 5.95. The Morgan fingerprint density at radius 3 is 2.43 bits per heavy atom. The molecule has 0 radical (unpaired) electrons. The van der Waals surface area contributed by atoms with E-state index >= 15 is 0 Å². The molecule has 9 heteroatoms. The smallest absolute Gasteiger partial charge is 0.256 e. The predicted octanol–water partition coefficient (Wildman–Crippen LogP) is 1.95. The number of likely N-dealkylation sites (tertiary alicyclic amines) is 1. The lowest BCUT2D eigenvalue weighted by Gasteiger charge is -2.45. The Balaban J connectivity index is 1.33. The van der Waals surface area contributed by atoms with Crippen LogP contribution in [0.25, 0.3) is 0 Å². The zero-order valence-electron chi connectivity index (χ0n) is 20.4. The van der Waals surface area contributed by atoms with Crippen LogP contribution >= 0.6 is 0 Å². The molecule has 0 aromatic heterocycles. The summed E-state index contributed by atoms with van der Waals surface area (Å²) in [6, 6.07) is 6.17. The minimum Gasteiger partial charge on any atom is -0.497 e. The Labute approximate surface area is 206 Å². The van der Waals surface area contributed by atoms with E-state index in [2.05, 4.69) is 5.32 Å². The number of carbonyl (C=O) groups is 3. The van der Waals surface area contributed by atoms with E-state index in [0.29, 0.717) is 50.4 Å². The Morgan fingerprint density at radius 1 is 1.09 bits per heavy atom. The van der Waals surface area contributed by atoms with Crippen LogP contribution in [0.3, 0.4) is 0 Å². The molecule has 1 aromatic carbocycles. The van der Waals surface area contributed by atoms with E-state index in [9.17, 15) is 14.4 Å². The third-order valence-corrected chi connectivity index (χ3v) is 7.96. The molecule has 1 saturated carbocycles. The quantitative estimate of drug-likeness (QED) is 0.662. The first-order chi connectivity index (χ1) is 17.0. The van der Waals surface area contributed by atoms with Crippen LogP contribution in [0.15, 0.2) is 24.3 Å². The Kier molecular flexibility index (Phi) is 6.98. The van der Waals surface area contributed by atoms with Crippen molar-refractivity contribution < 1.29 is 28.6 Å². The molecule has 4 aliphatic rings. The van der Waals surface area contributed by atoms with E-state index in [-0.39, 0.29) is 36.4 Å². The molecule has 5 rings (SSSR count). The molecular weight excluding hydrogens is 450 g/mol. The summed E-state index contributed by atoms with van der Waals surface area (Å²) < 4.78 is 17.1. The van der Waals surface area contributed by atoms with E-state index in [1.165, 1.54) is 0 Å². The normalized spacial score (nSPS) is 26.0. The molecular formula is C26H35N3O6. The molecule has 3 aliphatic heterocycles. The standard InChI is InChI=1S/C26H35N3O6/c1-33-20-9-7-19(8-10-20)25(32)29-22(23(30)27-16-21-6-3-15-34-21)17-35-26(29)11-13-28(14-12-26)24(31)18-4-2-5-18/h7-10,18,21-22H,2-6,11-17H2,1H3,(H,27,30)/t21-,22+/m1/s1. The van der Waals surface area contributed by atoms with Gasteiger partial charge in [0.2, 0.25) is 11.8 Å². The second-order valence-electron chi connectivity index (χ2n) is 10.0. The second-order valence-corrected chi connectivity index (χ2v) is 10.0. The van der Waals surface area contributed by atoms with Gasteiger partial charge in [0.05, 0.1) is 19.8 Å². The molecule has 9 nitrogen and oxygen atoms in total. The minimum atomic E-state index is -0.904. The predicted molar refractivity (Wildman–Crippen MR) is 127 cm³/mol. The first-order valence-corrected chi connectivity index (χ1v) is 12.8. The summed E-state index contributed by atoms with van der Waals surface area (Å²) in [6.45, 7) is 2.32. The maximum atomic E-state index is 13.8. The average molecular weight is 486 g/mol. The molecule has 2 atom stereocenters. The lowest BCUT2D eigenvalue weighted by atomic mass is 9.83. The van der Waals surface area contributed by atoms with E-state index in [4.69, 9.17) is 14.2 Å². The molecule has 3 heterocycles. The highest BCUT2D eigenvalue weighted by Crippen LogP contribution is 2.40. The molecule has 35 heavy (non-hydrogen) atoms. The summed E-state index contributed by atoms with van der Waals surface area (Å²) in [7, 11) is 1.58. The number of hydrogen-bond donors (Lipinski definition) is 1. The van der Waals surface area contributed by atoms with Gasteiger partial charge in [-0.05, 0) is 49.9 Å². The first-order valence-electron chi connectivity index (χ1n) is 12.8. The van der Waals surface area contributed by atoms with Crippen LogP contribution < -0.4 is 10.1 Å². The number of ether oxygens (including phenoxy) is 3. The number of amides is 3. The number of carbonyl (C=O) groups excluding carboxylic acids is 3. The molecule has 3 saturated heterocycles. The van der Waals surface area contributed by atoms with Crippen LogP contribution in [0.1, 0.15) is 55.3 Å². The summed E-state index contributed by atoms with van der Waals surface area (Å²) >= 11 is 0. The summed E-state index contributed by atoms with van der Waals surface area (Å²) in [4.78, 5) is 43.4. The van der Waals surface area contributed by atoms with Crippen molar-refractivity contribution in [3.63, 3.8) is 0 Å². The lowest BCUT2D eigenvalue weighted by Crippen LogP contribution is -2.60. The highest BCUT2D eigenvalue weighted by atomic mass is 16.5. The molecule has 3 amide bonds. The van der Waals surface area contributed by atoms with Gasteiger partial charge in [-0.25, -0.2) is 0 Å². The van der Waals surface area contributed by atoms with Gasteiger partial charge in [-0.2, -0.15) is 0 Å². The number of rotatable bonds is 6. The van der Waals surface area contributed by atoms with Crippen molar-refractivity contribution in [3.05, 3.63) is 29.8 Å². The van der Waals surface area contributed by atoms with Crippen molar-refractivity contribution in [2.45, 2.75) is 62.8 Å². The van der Waals surface area contributed by atoms with E-state index < -0.39 is 11.8 Å². The molecule has 0 bridgehead atoms. The molecule has 0 unspecified atom stereocenters. The topological polar surface area (TPSA) is 97.4 Å². The molecule has 1 spiro atoms. The van der Waals surface area contributed by atoms with Crippen molar-refractivity contribution in [2.75, 3.05) is 40.0 Å². The Bertz CT molecular complexity index is 933. The van der Waals surface area contributed by atoms with Crippen LogP contribution in [0.5, 0.6) is 5.75 Å². The van der Waals surface area contributed by atoms with E-state index in [1.807, 2.05) is 4.90 Å². The summed E-state index contributed by atoms with van der Waals surface area (Å²) in [5.74, 6) is 0.529. The lowest BCUT2D eigenvalue weighted by molar-refractivity contribution is -0.149. The van der Waals surface area contributed by atoms with Gasteiger partial charge in [-0.3, -0.25) is 19.3 Å². The number of nitrogens with one attached hydrogen (secondary N) is 1. The van der Waals surface area contributed by atoms with Crippen molar-refractivity contribution in [1.82, 2.24) is 15.1 Å². The van der Waals surface area contributed by atoms with Crippen LogP contribution in [-0.2, 0) is 19.1 Å². The van der Waals surface area contributed by atoms with Gasteiger partial charge >= 0.3 is 0 Å². The van der Waals surface area contributed by atoms with Crippen molar-refractivity contribution in [3.8, 4) is 5.75 Å². The minimum absolute atomic E-state index is 0.0155. The van der Waals surface area contributed by atoms with Crippen LogP contribution in [0.4, 0.5) is 0 Å². The molecule has 4 fully saturated rings. The Hall–Kier alpha value is -2.65. The van der Waals surface area contributed by atoms with E-state index in [0.717, 1.165) is 32.1 Å². The van der Waals surface area contributed by atoms with Gasteiger partial charge in [0.15, 0.2) is 0 Å². The molecule has 1 aliphatic carbocycles. The zero-order valence-corrected chi connectivity index (χ0v) is 20.4. The van der Waals surface area contributed by atoms with Crippen LogP contribution in [-0.4, -0.2) is 85.3 Å². The molecule has 190 valence electrons. The van der Waals surface area contributed by atoms with Crippen LogP contribution in [0, 0.1) is 5.92 Å². The number of methoxy groups -OCH3 is 1. The fourth-order valence-electron chi connectivity index (χ4n) is 5.57. The van der Waals surface area contributed by atoms with Crippen LogP contribution in [0.2, 0.25) is 0 Å². The van der Waals surface area contributed by atoms with Crippen molar-refractivity contribution in [1.29, 1.82) is 0 Å². The maximum Gasteiger partial charge on any atom is 0.256 e.